The zero-order valence-electron chi connectivity index (χ0n) is 12.6. The molecule has 5 nitrogen and oxygen atoms in total. The van der Waals surface area contributed by atoms with E-state index >= 15 is 0 Å². The first kappa shape index (κ1) is 16.4. The van der Waals surface area contributed by atoms with Crippen LogP contribution in [-0.2, 0) is 4.79 Å². The van der Waals surface area contributed by atoms with E-state index in [0.717, 1.165) is 45.7 Å². The summed E-state index contributed by atoms with van der Waals surface area (Å²) in [7, 11) is 1.75. The standard InChI is InChI=1S/C14H29N3O2/c1-4-14(15-3,13(18)19)7-6-8-17-11-9-16(5-2)10-12-17/h15H,4-12H2,1-3H3,(H,18,19). The van der Waals surface area contributed by atoms with Gasteiger partial charge >= 0.3 is 5.97 Å². The minimum absolute atomic E-state index is 0.627. The molecule has 0 aromatic rings. The average Bonchev–Trinajstić information content (AvgIpc) is 2.44. The highest BCUT2D eigenvalue weighted by Gasteiger charge is 2.34. The fourth-order valence-corrected chi connectivity index (χ4v) is 2.78. The van der Waals surface area contributed by atoms with E-state index < -0.39 is 11.5 Å². The van der Waals surface area contributed by atoms with Gasteiger partial charge in [0.05, 0.1) is 0 Å². The van der Waals surface area contributed by atoms with Gasteiger partial charge < -0.3 is 20.2 Å². The Labute approximate surface area is 117 Å². The fourth-order valence-electron chi connectivity index (χ4n) is 2.78. The van der Waals surface area contributed by atoms with Crippen molar-refractivity contribution in [3.05, 3.63) is 0 Å². The molecular formula is C14H29N3O2. The van der Waals surface area contributed by atoms with E-state index in [0.29, 0.717) is 12.8 Å². The molecule has 0 saturated carbocycles. The molecule has 1 fully saturated rings. The summed E-state index contributed by atoms with van der Waals surface area (Å²) < 4.78 is 0. The van der Waals surface area contributed by atoms with Crippen LogP contribution in [-0.4, -0.2) is 72.7 Å². The number of hydrogen-bond acceptors (Lipinski definition) is 4. The van der Waals surface area contributed by atoms with Gasteiger partial charge in [0.25, 0.3) is 0 Å². The van der Waals surface area contributed by atoms with E-state index in [-0.39, 0.29) is 0 Å². The lowest BCUT2D eigenvalue weighted by Gasteiger charge is -2.35. The summed E-state index contributed by atoms with van der Waals surface area (Å²) in [5.74, 6) is -0.728. The van der Waals surface area contributed by atoms with Crippen LogP contribution in [0.5, 0.6) is 0 Å². The highest BCUT2D eigenvalue weighted by molar-refractivity contribution is 5.78. The molecule has 1 saturated heterocycles. The maximum absolute atomic E-state index is 11.4. The van der Waals surface area contributed by atoms with Gasteiger partial charge in [0, 0.05) is 26.2 Å². The van der Waals surface area contributed by atoms with Crippen LogP contribution in [0, 0.1) is 0 Å². The zero-order chi connectivity index (χ0) is 14.3. The second kappa shape index (κ2) is 7.82. The predicted octanol–water partition coefficient (Wildman–Crippen LogP) is 0.857. The van der Waals surface area contributed by atoms with Crippen LogP contribution in [0.15, 0.2) is 0 Å². The summed E-state index contributed by atoms with van der Waals surface area (Å²) in [6.45, 7) is 10.8. The molecule has 1 heterocycles. The molecule has 5 heteroatoms. The van der Waals surface area contributed by atoms with Gasteiger partial charge in [-0.3, -0.25) is 4.79 Å². The molecule has 1 unspecified atom stereocenters. The SMILES string of the molecule is CCN1CCN(CCCC(CC)(NC)C(=O)O)CC1. The topological polar surface area (TPSA) is 55.8 Å². The number of carbonyl (C=O) groups is 1. The number of aliphatic carboxylic acids is 1. The Morgan fingerprint density at radius 3 is 2.21 bits per heavy atom. The van der Waals surface area contributed by atoms with Crippen LogP contribution < -0.4 is 5.32 Å². The molecule has 2 N–H and O–H groups in total. The Bertz CT molecular complexity index is 272. The van der Waals surface area contributed by atoms with Gasteiger partial charge in [0.15, 0.2) is 0 Å². The van der Waals surface area contributed by atoms with Crippen molar-refractivity contribution < 1.29 is 9.90 Å². The molecule has 0 radical (unpaired) electrons. The molecule has 1 rings (SSSR count). The number of rotatable bonds is 8. The maximum atomic E-state index is 11.4. The average molecular weight is 271 g/mol. The smallest absolute Gasteiger partial charge is 0.323 e. The van der Waals surface area contributed by atoms with Gasteiger partial charge in [-0.05, 0) is 39.4 Å². The van der Waals surface area contributed by atoms with E-state index in [1.807, 2.05) is 6.92 Å². The van der Waals surface area contributed by atoms with Gasteiger partial charge in [-0.1, -0.05) is 13.8 Å². The number of piperazine rings is 1. The first-order valence-corrected chi connectivity index (χ1v) is 7.45. The van der Waals surface area contributed by atoms with Crippen molar-refractivity contribution >= 4 is 5.97 Å². The summed E-state index contributed by atoms with van der Waals surface area (Å²) >= 11 is 0. The fraction of sp³-hybridized carbons (Fsp3) is 0.929. The van der Waals surface area contributed by atoms with Gasteiger partial charge in [-0.25, -0.2) is 0 Å². The highest BCUT2D eigenvalue weighted by Crippen LogP contribution is 2.18. The molecule has 0 aromatic heterocycles. The Morgan fingerprint density at radius 2 is 1.79 bits per heavy atom. The minimum atomic E-state index is -0.745. The van der Waals surface area contributed by atoms with Crippen LogP contribution >= 0.6 is 0 Å². The Hall–Kier alpha value is -0.650. The minimum Gasteiger partial charge on any atom is -0.480 e. The van der Waals surface area contributed by atoms with E-state index in [1.54, 1.807) is 7.05 Å². The molecule has 19 heavy (non-hydrogen) atoms. The summed E-state index contributed by atoms with van der Waals surface area (Å²) in [5, 5.41) is 12.3. The summed E-state index contributed by atoms with van der Waals surface area (Å²) in [6.07, 6.45) is 2.26. The molecule has 112 valence electrons. The molecule has 1 aliphatic rings. The Morgan fingerprint density at radius 1 is 1.21 bits per heavy atom. The Balaban J connectivity index is 2.31. The number of carboxylic acid groups (broad SMARTS) is 1. The van der Waals surface area contributed by atoms with Crippen molar-refractivity contribution in [2.45, 2.75) is 38.6 Å². The number of nitrogens with one attached hydrogen (secondary N) is 1. The van der Waals surface area contributed by atoms with Crippen molar-refractivity contribution in [1.82, 2.24) is 15.1 Å². The highest BCUT2D eigenvalue weighted by atomic mass is 16.4. The van der Waals surface area contributed by atoms with Crippen molar-refractivity contribution in [2.24, 2.45) is 0 Å². The number of carboxylic acids is 1. The molecule has 0 bridgehead atoms. The predicted molar refractivity (Wildman–Crippen MR) is 77.5 cm³/mol. The lowest BCUT2D eigenvalue weighted by atomic mass is 9.90. The van der Waals surface area contributed by atoms with Crippen molar-refractivity contribution in [2.75, 3.05) is 46.3 Å². The monoisotopic (exact) mass is 271 g/mol. The van der Waals surface area contributed by atoms with Crippen molar-refractivity contribution in [3.8, 4) is 0 Å². The van der Waals surface area contributed by atoms with Crippen molar-refractivity contribution in [3.63, 3.8) is 0 Å². The van der Waals surface area contributed by atoms with Gasteiger partial charge in [-0.15, -0.1) is 0 Å². The third-order valence-electron chi connectivity index (χ3n) is 4.48. The first-order chi connectivity index (χ1) is 9.07. The molecule has 0 amide bonds. The maximum Gasteiger partial charge on any atom is 0.323 e. The largest absolute Gasteiger partial charge is 0.480 e. The Kier molecular flexibility index (Phi) is 6.75. The number of likely N-dealkylation sites (N-methyl/N-ethyl adjacent to an activating group) is 2. The molecule has 1 atom stereocenters. The second-order valence-corrected chi connectivity index (χ2v) is 5.37. The normalized spacial score (nSPS) is 21.2. The van der Waals surface area contributed by atoms with Crippen LogP contribution in [0.2, 0.25) is 0 Å². The first-order valence-electron chi connectivity index (χ1n) is 7.45. The van der Waals surface area contributed by atoms with E-state index in [9.17, 15) is 9.90 Å². The van der Waals surface area contributed by atoms with Gasteiger partial charge in [0.2, 0.25) is 0 Å². The van der Waals surface area contributed by atoms with Crippen LogP contribution in [0.1, 0.15) is 33.1 Å². The molecule has 0 aromatic carbocycles. The summed E-state index contributed by atoms with van der Waals surface area (Å²) in [5.41, 5.74) is -0.745. The summed E-state index contributed by atoms with van der Waals surface area (Å²) in [6, 6.07) is 0. The van der Waals surface area contributed by atoms with Crippen LogP contribution in [0.4, 0.5) is 0 Å². The lowest BCUT2D eigenvalue weighted by molar-refractivity contribution is -0.145. The van der Waals surface area contributed by atoms with Gasteiger partial charge in [-0.2, -0.15) is 0 Å². The van der Waals surface area contributed by atoms with Crippen LogP contribution in [0.25, 0.3) is 0 Å². The quantitative estimate of drug-likeness (QED) is 0.686. The second-order valence-electron chi connectivity index (χ2n) is 5.37. The molecular weight excluding hydrogens is 242 g/mol. The van der Waals surface area contributed by atoms with E-state index in [4.69, 9.17) is 0 Å². The zero-order valence-corrected chi connectivity index (χ0v) is 12.6. The molecule has 0 aliphatic carbocycles. The van der Waals surface area contributed by atoms with Crippen molar-refractivity contribution in [1.29, 1.82) is 0 Å². The molecule has 0 spiro atoms. The molecule has 1 aliphatic heterocycles. The van der Waals surface area contributed by atoms with Gasteiger partial charge in [0.1, 0.15) is 5.54 Å². The third-order valence-corrected chi connectivity index (χ3v) is 4.48. The number of hydrogen-bond donors (Lipinski definition) is 2. The van der Waals surface area contributed by atoms with Crippen LogP contribution in [0.3, 0.4) is 0 Å². The number of nitrogens with zero attached hydrogens (tertiary/aromatic N) is 2. The summed E-state index contributed by atoms with van der Waals surface area (Å²) in [4.78, 5) is 16.3. The lowest BCUT2D eigenvalue weighted by Crippen LogP contribution is -2.51. The third kappa shape index (κ3) is 4.44. The van der Waals surface area contributed by atoms with E-state index in [1.165, 1.54) is 0 Å². The van der Waals surface area contributed by atoms with E-state index in [2.05, 4.69) is 22.0 Å².